The number of hydrogen-bond donors (Lipinski definition) is 2. The van der Waals surface area contributed by atoms with E-state index in [9.17, 15) is 9.46 Å². The van der Waals surface area contributed by atoms with Crippen molar-refractivity contribution in [3.63, 3.8) is 0 Å². The van der Waals surface area contributed by atoms with Gasteiger partial charge < -0.3 is 10.2 Å². The summed E-state index contributed by atoms with van der Waals surface area (Å²) in [5.41, 5.74) is 0. The third-order valence-electron chi connectivity index (χ3n) is 3.50. The lowest BCUT2D eigenvalue weighted by Gasteiger charge is -2.12. The number of hydrogen-bond acceptors (Lipinski definition) is 4. The van der Waals surface area contributed by atoms with Crippen molar-refractivity contribution in [2.75, 3.05) is 27.3 Å². The van der Waals surface area contributed by atoms with Gasteiger partial charge in [-0.3, -0.25) is 9.05 Å². The SMILES string of the molecule is CCCCCCCCOP(=O)(O)OCCCCCCCC.CNC. The Bertz CT molecular complexity index is 256. The molecular formula is C18H42NO4P. The molecule has 0 aliphatic heterocycles. The van der Waals surface area contributed by atoms with Crippen molar-refractivity contribution in [1.29, 1.82) is 0 Å². The van der Waals surface area contributed by atoms with E-state index in [1.807, 2.05) is 14.1 Å². The van der Waals surface area contributed by atoms with Gasteiger partial charge in [0.05, 0.1) is 13.2 Å². The summed E-state index contributed by atoms with van der Waals surface area (Å²) >= 11 is 0. The zero-order valence-electron chi connectivity index (χ0n) is 16.5. The highest BCUT2D eigenvalue weighted by atomic mass is 31.2. The summed E-state index contributed by atoms with van der Waals surface area (Å²) in [6.07, 6.45) is 13.6. The van der Waals surface area contributed by atoms with Gasteiger partial charge in [0.1, 0.15) is 0 Å². The number of phosphoric acid groups is 1. The molecule has 148 valence electrons. The summed E-state index contributed by atoms with van der Waals surface area (Å²) in [6, 6.07) is 0. The van der Waals surface area contributed by atoms with Crippen LogP contribution in [-0.2, 0) is 13.6 Å². The molecule has 0 unspecified atom stereocenters. The van der Waals surface area contributed by atoms with E-state index in [1.54, 1.807) is 0 Å². The van der Waals surface area contributed by atoms with Gasteiger partial charge in [0.15, 0.2) is 0 Å². The average molecular weight is 368 g/mol. The summed E-state index contributed by atoms with van der Waals surface area (Å²) < 4.78 is 21.5. The van der Waals surface area contributed by atoms with Gasteiger partial charge in [-0.05, 0) is 26.9 Å². The zero-order valence-corrected chi connectivity index (χ0v) is 17.4. The molecule has 0 amide bonds. The largest absolute Gasteiger partial charge is 0.472 e. The van der Waals surface area contributed by atoms with Crippen LogP contribution in [0.1, 0.15) is 90.9 Å². The van der Waals surface area contributed by atoms with Crippen molar-refractivity contribution in [1.82, 2.24) is 5.32 Å². The summed E-state index contributed by atoms with van der Waals surface area (Å²) in [6.45, 7) is 5.01. The van der Waals surface area contributed by atoms with Gasteiger partial charge in [0.25, 0.3) is 0 Å². The molecule has 0 aromatic heterocycles. The standard InChI is InChI=1S/C16H35O4P.C2H7N/c1-3-5-7-9-11-13-15-19-21(17,18)20-16-14-12-10-8-6-4-2;1-3-2/h3-16H2,1-2H3,(H,17,18);3H,1-2H3. The van der Waals surface area contributed by atoms with E-state index in [-0.39, 0.29) is 0 Å². The van der Waals surface area contributed by atoms with Crippen LogP contribution in [0, 0.1) is 0 Å². The lowest BCUT2D eigenvalue weighted by atomic mass is 10.1. The highest BCUT2D eigenvalue weighted by molar-refractivity contribution is 7.47. The van der Waals surface area contributed by atoms with Crippen molar-refractivity contribution in [3.8, 4) is 0 Å². The fraction of sp³-hybridized carbons (Fsp3) is 1.00. The van der Waals surface area contributed by atoms with Gasteiger partial charge in [-0.15, -0.1) is 0 Å². The molecule has 6 heteroatoms. The maximum absolute atomic E-state index is 11.6. The number of phosphoric ester groups is 1. The normalized spacial score (nSPS) is 11.2. The second kappa shape index (κ2) is 21.1. The molecule has 2 N–H and O–H groups in total. The van der Waals surface area contributed by atoms with Gasteiger partial charge in [-0.25, -0.2) is 4.57 Å². The van der Waals surface area contributed by atoms with E-state index in [2.05, 4.69) is 19.2 Å². The summed E-state index contributed by atoms with van der Waals surface area (Å²) in [7, 11) is -0.0652. The first-order valence-electron chi connectivity index (χ1n) is 9.74. The highest BCUT2D eigenvalue weighted by Crippen LogP contribution is 2.43. The third-order valence-corrected chi connectivity index (χ3v) is 4.52. The Morgan fingerprint density at radius 1 is 0.708 bits per heavy atom. The molecule has 0 rings (SSSR count). The first kappa shape index (κ1) is 26.3. The van der Waals surface area contributed by atoms with E-state index in [4.69, 9.17) is 9.05 Å². The molecule has 0 spiro atoms. The van der Waals surface area contributed by atoms with Crippen molar-refractivity contribution >= 4 is 7.82 Å². The molecule has 0 heterocycles. The van der Waals surface area contributed by atoms with Crippen LogP contribution < -0.4 is 5.32 Å². The lowest BCUT2D eigenvalue weighted by molar-refractivity contribution is 0.145. The van der Waals surface area contributed by atoms with Gasteiger partial charge in [-0.1, -0.05) is 78.1 Å². The molecule has 0 saturated heterocycles. The number of rotatable bonds is 16. The molecule has 0 aromatic carbocycles. The molecule has 0 fully saturated rings. The first-order valence-corrected chi connectivity index (χ1v) is 11.2. The molecule has 0 atom stereocenters. The average Bonchev–Trinajstić information content (AvgIpc) is 2.54. The van der Waals surface area contributed by atoms with E-state index >= 15 is 0 Å². The third kappa shape index (κ3) is 24.3. The van der Waals surface area contributed by atoms with Crippen LogP contribution in [0.3, 0.4) is 0 Å². The van der Waals surface area contributed by atoms with Crippen LogP contribution in [0.5, 0.6) is 0 Å². The number of nitrogens with one attached hydrogen (secondary N) is 1. The number of unbranched alkanes of at least 4 members (excludes halogenated alkanes) is 10. The fourth-order valence-electron chi connectivity index (χ4n) is 2.16. The molecule has 5 nitrogen and oxygen atoms in total. The Morgan fingerprint density at radius 3 is 1.33 bits per heavy atom. The van der Waals surface area contributed by atoms with Crippen molar-refractivity contribution in [2.24, 2.45) is 0 Å². The Balaban J connectivity index is 0. The molecule has 24 heavy (non-hydrogen) atoms. The molecule has 0 bridgehead atoms. The summed E-state index contributed by atoms with van der Waals surface area (Å²) in [5.74, 6) is 0. The van der Waals surface area contributed by atoms with Crippen LogP contribution in [-0.4, -0.2) is 32.2 Å². The minimum atomic E-state index is -3.82. The van der Waals surface area contributed by atoms with Gasteiger partial charge in [0, 0.05) is 0 Å². The van der Waals surface area contributed by atoms with Crippen molar-refractivity contribution in [2.45, 2.75) is 90.9 Å². The Kier molecular flexibility index (Phi) is 23.1. The minimum absolute atomic E-state index is 0.316. The molecule has 0 aliphatic rings. The quantitative estimate of drug-likeness (QED) is 0.271. The second-order valence-electron chi connectivity index (χ2n) is 6.17. The molecular weight excluding hydrogens is 325 g/mol. The minimum Gasteiger partial charge on any atom is -0.323 e. The fourth-order valence-corrected chi connectivity index (χ4v) is 2.96. The van der Waals surface area contributed by atoms with E-state index in [1.165, 1.54) is 51.4 Å². The van der Waals surface area contributed by atoms with E-state index in [0.29, 0.717) is 13.2 Å². The van der Waals surface area contributed by atoms with E-state index < -0.39 is 7.82 Å². The predicted molar refractivity (Wildman–Crippen MR) is 103 cm³/mol. The maximum atomic E-state index is 11.6. The van der Waals surface area contributed by atoms with Crippen LogP contribution in [0.2, 0.25) is 0 Å². The Hall–Kier alpha value is 0.0700. The molecule has 0 aromatic rings. The smallest absolute Gasteiger partial charge is 0.323 e. The van der Waals surface area contributed by atoms with Gasteiger partial charge >= 0.3 is 7.82 Å². The lowest BCUT2D eigenvalue weighted by Crippen LogP contribution is -1.99. The Labute approximate surface area is 150 Å². The van der Waals surface area contributed by atoms with Crippen LogP contribution >= 0.6 is 7.82 Å². The van der Waals surface area contributed by atoms with Crippen LogP contribution in [0.4, 0.5) is 0 Å². The van der Waals surface area contributed by atoms with Crippen molar-refractivity contribution in [3.05, 3.63) is 0 Å². The first-order chi connectivity index (χ1) is 11.5. The van der Waals surface area contributed by atoms with Crippen LogP contribution in [0.25, 0.3) is 0 Å². The van der Waals surface area contributed by atoms with E-state index in [0.717, 1.165) is 25.7 Å². The summed E-state index contributed by atoms with van der Waals surface area (Å²) in [5, 5.41) is 2.75. The van der Waals surface area contributed by atoms with Gasteiger partial charge in [0.2, 0.25) is 0 Å². The Morgan fingerprint density at radius 2 is 1.00 bits per heavy atom. The molecule has 0 radical (unpaired) electrons. The summed E-state index contributed by atoms with van der Waals surface area (Å²) in [4.78, 5) is 9.51. The van der Waals surface area contributed by atoms with Crippen LogP contribution in [0.15, 0.2) is 0 Å². The second-order valence-corrected chi connectivity index (χ2v) is 7.62. The molecule has 0 saturated carbocycles. The monoisotopic (exact) mass is 367 g/mol. The topological polar surface area (TPSA) is 67.8 Å². The van der Waals surface area contributed by atoms with Gasteiger partial charge in [-0.2, -0.15) is 0 Å². The maximum Gasteiger partial charge on any atom is 0.472 e. The zero-order chi connectivity index (χ0) is 18.5. The predicted octanol–water partition coefficient (Wildman–Crippen LogP) is 5.68. The highest BCUT2D eigenvalue weighted by Gasteiger charge is 2.19. The molecule has 0 aliphatic carbocycles. The van der Waals surface area contributed by atoms with Crippen molar-refractivity contribution < 1.29 is 18.5 Å².